The molecule has 0 unspecified atom stereocenters. The molecule has 0 heterocycles. The third-order valence-corrected chi connectivity index (χ3v) is 2.68. The molecule has 0 atom stereocenters. The summed E-state index contributed by atoms with van der Waals surface area (Å²) >= 11 is 0. The van der Waals surface area contributed by atoms with Gasteiger partial charge in [-0.3, -0.25) is 0 Å². The smallest absolute Gasteiger partial charge is 0.330 e. The molecule has 0 fully saturated rings. The Morgan fingerprint density at radius 1 is 1.05 bits per heavy atom. The summed E-state index contributed by atoms with van der Waals surface area (Å²) in [7, 11) is 0. The van der Waals surface area contributed by atoms with Crippen molar-refractivity contribution in [1.82, 2.24) is 0 Å². The first-order valence-electron chi connectivity index (χ1n) is 6.82. The van der Waals surface area contributed by atoms with Gasteiger partial charge in [0.25, 0.3) is 0 Å². The molecule has 0 saturated carbocycles. The normalized spacial score (nSPS) is 10.3. The number of hydrogen-bond donors (Lipinski definition) is 0. The van der Waals surface area contributed by atoms with E-state index >= 15 is 0 Å². The summed E-state index contributed by atoms with van der Waals surface area (Å²) in [5.74, 6) is -0.813. The largest absolute Gasteiger partial charge is 0.463 e. The van der Waals surface area contributed by atoms with Crippen LogP contribution in [-0.2, 0) is 19.1 Å². The van der Waals surface area contributed by atoms with E-state index in [1.54, 1.807) is 6.08 Å². The van der Waals surface area contributed by atoms with Crippen LogP contribution >= 0.6 is 0 Å². The molecule has 112 valence electrons. The van der Waals surface area contributed by atoms with E-state index < -0.39 is 5.97 Å². The lowest BCUT2D eigenvalue weighted by atomic mass is 10.1. The molecule has 0 aromatic heterocycles. The summed E-state index contributed by atoms with van der Waals surface area (Å²) in [6, 6.07) is 7.84. The number of ether oxygens (including phenoxy) is 2. The van der Waals surface area contributed by atoms with Crippen molar-refractivity contribution in [3.63, 3.8) is 0 Å². The molecule has 0 amide bonds. The van der Waals surface area contributed by atoms with Gasteiger partial charge >= 0.3 is 11.9 Å². The van der Waals surface area contributed by atoms with Gasteiger partial charge in [0, 0.05) is 12.2 Å². The summed E-state index contributed by atoms with van der Waals surface area (Å²) in [5.41, 5.74) is 2.13. The molecule has 0 radical (unpaired) electrons. The van der Waals surface area contributed by atoms with E-state index in [9.17, 15) is 9.59 Å². The van der Waals surface area contributed by atoms with Crippen LogP contribution < -0.4 is 0 Å². The van der Waals surface area contributed by atoms with Crippen LogP contribution in [0.3, 0.4) is 0 Å². The average Bonchev–Trinajstić information content (AvgIpc) is 2.49. The van der Waals surface area contributed by atoms with Gasteiger partial charge in [-0.05, 0) is 31.4 Å². The van der Waals surface area contributed by atoms with Gasteiger partial charge in [0.05, 0.1) is 13.2 Å². The Kier molecular flexibility index (Phi) is 7.58. The lowest BCUT2D eigenvalue weighted by Gasteiger charge is -2.03. The maximum absolute atomic E-state index is 11.5. The van der Waals surface area contributed by atoms with Gasteiger partial charge in [-0.2, -0.15) is 0 Å². The lowest BCUT2D eigenvalue weighted by molar-refractivity contribution is -0.140. The number of carbonyl (C=O) groups is 2. The maximum atomic E-state index is 11.5. The Labute approximate surface area is 125 Å². The first-order chi connectivity index (χ1) is 10.1. The predicted octanol–water partition coefficient (Wildman–Crippen LogP) is 3.06. The van der Waals surface area contributed by atoms with E-state index in [1.807, 2.05) is 31.2 Å². The van der Waals surface area contributed by atoms with Crippen LogP contribution in [0.15, 0.2) is 43.0 Å². The number of aryl methyl sites for hydroxylation is 1. The molecular weight excluding hydrogens is 268 g/mol. The molecule has 0 bridgehead atoms. The van der Waals surface area contributed by atoms with Gasteiger partial charge in [0.15, 0.2) is 0 Å². The molecular formula is C17H20O4. The molecule has 4 nitrogen and oxygen atoms in total. The quantitative estimate of drug-likeness (QED) is 0.419. The molecule has 0 aliphatic carbocycles. The van der Waals surface area contributed by atoms with Crippen LogP contribution in [0.5, 0.6) is 0 Å². The second-order valence-electron chi connectivity index (χ2n) is 4.49. The number of esters is 2. The number of rotatable bonds is 8. The second kappa shape index (κ2) is 9.53. The fraction of sp³-hybridized carbons (Fsp3) is 0.294. The van der Waals surface area contributed by atoms with E-state index in [-0.39, 0.29) is 5.97 Å². The average molecular weight is 288 g/mol. The zero-order valence-corrected chi connectivity index (χ0v) is 12.2. The highest BCUT2D eigenvalue weighted by Gasteiger charge is 1.98. The molecule has 0 saturated heterocycles. The maximum Gasteiger partial charge on any atom is 0.330 e. The Morgan fingerprint density at radius 3 is 2.19 bits per heavy atom. The predicted molar refractivity (Wildman–Crippen MR) is 81.6 cm³/mol. The van der Waals surface area contributed by atoms with Crippen molar-refractivity contribution in [3.05, 3.63) is 54.1 Å². The molecule has 4 heteroatoms. The molecule has 1 aromatic rings. The summed E-state index contributed by atoms with van der Waals surface area (Å²) in [5, 5.41) is 0. The number of carbonyl (C=O) groups excluding carboxylic acids is 2. The highest BCUT2D eigenvalue weighted by molar-refractivity contribution is 5.87. The van der Waals surface area contributed by atoms with Crippen molar-refractivity contribution in [1.29, 1.82) is 0 Å². The SMILES string of the molecule is C=CC(=O)OCCCCOC(=O)C=Cc1ccc(C)cc1. The highest BCUT2D eigenvalue weighted by Crippen LogP contribution is 2.05. The van der Waals surface area contributed by atoms with Crippen molar-refractivity contribution < 1.29 is 19.1 Å². The van der Waals surface area contributed by atoms with Crippen molar-refractivity contribution in [3.8, 4) is 0 Å². The second-order valence-corrected chi connectivity index (χ2v) is 4.49. The molecule has 1 rings (SSSR count). The van der Waals surface area contributed by atoms with Gasteiger partial charge in [0.2, 0.25) is 0 Å². The van der Waals surface area contributed by atoms with Crippen molar-refractivity contribution in [2.45, 2.75) is 19.8 Å². The summed E-state index contributed by atoms with van der Waals surface area (Å²) < 4.78 is 9.84. The van der Waals surface area contributed by atoms with Crippen LogP contribution in [0.25, 0.3) is 6.08 Å². The first-order valence-corrected chi connectivity index (χ1v) is 6.82. The van der Waals surface area contributed by atoms with Crippen LogP contribution in [0, 0.1) is 6.92 Å². The van der Waals surface area contributed by atoms with E-state index in [1.165, 1.54) is 11.6 Å². The molecule has 0 aliphatic heterocycles. The molecule has 0 aliphatic rings. The standard InChI is InChI=1S/C17H20O4/c1-3-16(18)20-12-4-5-13-21-17(19)11-10-15-8-6-14(2)7-9-15/h3,6-11H,1,4-5,12-13H2,2H3. The zero-order chi connectivity index (χ0) is 15.5. The summed E-state index contributed by atoms with van der Waals surface area (Å²) in [6.45, 7) is 5.92. The Hall–Kier alpha value is -2.36. The lowest BCUT2D eigenvalue weighted by Crippen LogP contribution is -2.05. The van der Waals surface area contributed by atoms with Gasteiger partial charge in [-0.25, -0.2) is 9.59 Å². The van der Waals surface area contributed by atoms with Gasteiger partial charge in [-0.1, -0.05) is 36.4 Å². The molecule has 0 spiro atoms. The summed E-state index contributed by atoms with van der Waals surface area (Å²) in [4.78, 5) is 22.2. The van der Waals surface area contributed by atoms with Gasteiger partial charge in [-0.15, -0.1) is 0 Å². The third-order valence-electron chi connectivity index (χ3n) is 2.68. The molecule has 21 heavy (non-hydrogen) atoms. The van der Waals surface area contributed by atoms with Crippen LogP contribution in [0.2, 0.25) is 0 Å². The van der Waals surface area contributed by atoms with Gasteiger partial charge in [0.1, 0.15) is 0 Å². The van der Waals surface area contributed by atoms with Crippen LogP contribution in [0.4, 0.5) is 0 Å². The third kappa shape index (κ3) is 7.72. The Bertz CT molecular complexity index is 500. The van der Waals surface area contributed by atoms with Crippen molar-refractivity contribution >= 4 is 18.0 Å². The van der Waals surface area contributed by atoms with Gasteiger partial charge < -0.3 is 9.47 Å². The monoisotopic (exact) mass is 288 g/mol. The number of benzene rings is 1. The minimum atomic E-state index is -0.437. The summed E-state index contributed by atoms with van der Waals surface area (Å²) in [6.07, 6.45) is 5.54. The van der Waals surface area contributed by atoms with Crippen molar-refractivity contribution in [2.75, 3.05) is 13.2 Å². The number of hydrogen-bond acceptors (Lipinski definition) is 4. The van der Waals surface area contributed by atoms with E-state index in [0.717, 1.165) is 11.6 Å². The van der Waals surface area contributed by atoms with Crippen LogP contribution in [0.1, 0.15) is 24.0 Å². The van der Waals surface area contributed by atoms with Crippen molar-refractivity contribution in [2.24, 2.45) is 0 Å². The minimum Gasteiger partial charge on any atom is -0.463 e. The zero-order valence-electron chi connectivity index (χ0n) is 12.2. The van der Waals surface area contributed by atoms with E-state index in [2.05, 4.69) is 6.58 Å². The number of unbranched alkanes of at least 4 members (excludes halogenated alkanes) is 1. The van der Waals surface area contributed by atoms with E-state index in [0.29, 0.717) is 26.1 Å². The molecule has 1 aromatic carbocycles. The van der Waals surface area contributed by atoms with E-state index in [4.69, 9.17) is 9.47 Å². The minimum absolute atomic E-state index is 0.307. The first kappa shape index (κ1) is 16.7. The fourth-order valence-electron chi connectivity index (χ4n) is 1.50. The van der Waals surface area contributed by atoms with Crippen LogP contribution in [-0.4, -0.2) is 25.2 Å². The Balaban J connectivity index is 2.15. The Morgan fingerprint density at radius 2 is 1.62 bits per heavy atom. The fourth-order valence-corrected chi connectivity index (χ4v) is 1.50. The highest BCUT2D eigenvalue weighted by atomic mass is 16.5. The topological polar surface area (TPSA) is 52.6 Å². The molecule has 0 N–H and O–H groups in total.